The number of para-hydroxylation sites is 1. The average molecular weight is 385 g/mol. The zero-order valence-electron chi connectivity index (χ0n) is 15.1. The molecule has 3 aromatic rings. The molecule has 0 aliphatic carbocycles. The van der Waals surface area contributed by atoms with Crippen molar-refractivity contribution in [2.45, 2.75) is 0 Å². The van der Waals surface area contributed by atoms with Crippen molar-refractivity contribution in [1.29, 1.82) is 0 Å². The molecule has 3 aromatic carbocycles. The summed E-state index contributed by atoms with van der Waals surface area (Å²) in [6.45, 7) is 0. The summed E-state index contributed by atoms with van der Waals surface area (Å²) < 4.78 is 0. The highest BCUT2D eigenvalue weighted by molar-refractivity contribution is 6.33. The molecule has 7 heteroatoms. The SMILES string of the molecule is O=C1C=C(c2ccc([N+](=O)[O-])cc2)C(=O)N1Nc1ccccc1-c1ccccc1. The maximum absolute atomic E-state index is 12.8. The van der Waals surface area contributed by atoms with Gasteiger partial charge in [0.15, 0.2) is 0 Å². The molecule has 1 heterocycles. The second-order valence-electron chi connectivity index (χ2n) is 6.36. The van der Waals surface area contributed by atoms with E-state index in [0.717, 1.165) is 16.1 Å². The van der Waals surface area contributed by atoms with Crippen LogP contribution in [0.2, 0.25) is 0 Å². The lowest BCUT2D eigenvalue weighted by Gasteiger charge is -2.20. The second kappa shape index (κ2) is 7.40. The molecule has 0 fully saturated rings. The third-order valence-electron chi connectivity index (χ3n) is 4.55. The summed E-state index contributed by atoms with van der Waals surface area (Å²) in [4.78, 5) is 35.6. The van der Waals surface area contributed by atoms with Gasteiger partial charge in [-0.15, -0.1) is 0 Å². The number of nitro benzene ring substituents is 1. The molecular formula is C22H15N3O4. The van der Waals surface area contributed by atoms with Crippen molar-refractivity contribution in [1.82, 2.24) is 5.01 Å². The first-order valence-corrected chi connectivity index (χ1v) is 8.80. The molecule has 1 aliphatic rings. The number of benzene rings is 3. The van der Waals surface area contributed by atoms with Crippen LogP contribution in [0.5, 0.6) is 0 Å². The summed E-state index contributed by atoms with van der Waals surface area (Å²) in [7, 11) is 0. The van der Waals surface area contributed by atoms with Crippen LogP contribution >= 0.6 is 0 Å². The van der Waals surface area contributed by atoms with Crippen molar-refractivity contribution in [3.05, 3.63) is 101 Å². The molecule has 142 valence electrons. The maximum atomic E-state index is 12.8. The Morgan fingerprint density at radius 1 is 0.793 bits per heavy atom. The first-order chi connectivity index (χ1) is 14.0. The number of hydrogen-bond acceptors (Lipinski definition) is 5. The third kappa shape index (κ3) is 3.49. The normalized spacial score (nSPS) is 13.4. The standard InChI is InChI=1S/C22H15N3O4/c26-21-14-19(16-10-12-17(13-11-16)25(28)29)22(27)24(21)23-20-9-5-4-8-18(20)15-6-2-1-3-7-15/h1-14,23H. The molecule has 1 N–H and O–H groups in total. The minimum Gasteiger partial charge on any atom is -0.288 e. The summed E-state index contributed by atoms with van der Waals surface area (Å²) in [5.74, 6) is -1.03. The lowest BCUT2D eigenvalue weighted by atomic mass is 10.0. The van der Waals surface area contributed by atoms with Gasteiger partial charge < -0.3 is 0 Å². The average Bonchev–Trinajstić information content (AvgIpc) is 3.03. The van der Waals surface area contributed by atoms with Gasteiger partial charge >= 0.3 is 0 Å². The summed E-state index contributed by atoms with van der Waals surface area (Å²) >= 11 is 0. The van der Waals surface area contributed by atoms with Crippen LogP contribution in [0.1, 0.15) is 5.56 Å². The van der Waals surface area contributed by atoms with E-state index < -0.39 is 16.7 Å². The van der Waals surface area contributed by atoms with Crippen LogP contribution < -0.4 is 5.43 Å². The van der Waals surface area contributed by atoms with E-state index in [-0.39, 0.29) is 11.3 Å². The minimum atomic E-state index is -0.522. The molecule has 0 radical (unpaired) electrons. The van der Waals surface area contributed by atoms with Gasteiger partial charge in [-0.1, -0.05) is 48.5 Å². The van der Waals surface area contributed by atoms with Crippen molar-refractivity contribution in [3.63, 3.8) is 0 Å². The number of carbonyl (C=O) groups is 2. The fraction of sp³-hybridized carbons (Fsp3) is 0. The molecule has 0 saturated heterocycles. The Kier molecular flexibility index (Phi) is 4.62. The van der Waals surface area contributed by atoms with Crippen LogP contribution in [-0.4, -0.2) is 21.7 Å². The Bertz CT molecular complexity index is 1140. The number of imide groups is 1. The molecular weight excluding hydrogens is 370 g/mol. The number of rotatable bonds is 5. The van der Waals surface area contributed by atoms with Crippen molar-refractivity contribution in [2.75, 3.05) is 5.43 Å². The molecule has 2 amide bonds. The first-order valence-electron chi connectivity index (χ1n) is 8.80. The van der Waals surface area contributed by atoms with Crippen molar-refractivity contribution in [2.24, 2.45) is 0 Å². The molecule has 1 aliphatic heterocycles. The zero-order chi connectivity index (χ0) is 20.4. The van der Waals surface area contributed by atoms with Gasteiger partial charge in [0.05, 0.1) is 16.2 Å². The fourth-order valence-corrected chi connectivity index (χ4v) is 3.12. The number of nitro groups is 1. The first kappa shape index (κ1) is 18.1. The predicted molar refractivity (Wildman–Crippen MR) is 108 cm³/mol. The smallest absolute Gasteiger partial charge is 0.280 e. The van der Waals surface area contributed by atoms with Crippen molar-refractivity contribution in [3.8, 4) is 11.1 Å². The monoisotopic (exact) mass is 385 g/mol. The number of carbonyl (C=O) groups excluding carboxylic acids is 2. The van der Waals surface area contributed by atoms with E-state index in [1.165, 1.54) is 30.3 Å². The van der Waals surface area contributed by atoms with E-state index in [2.05, 4.69) is 5.43 Å². The molecule has 29 heavy (non-hydrogen) atoms. The number of nitrogens with zero attached hydrogens (tertiary/aromatic N) is 2. The summed E-state index contributed by atoms with van der Waals surface area (Å²) in [6.07, 6.45) is 1.22. The molecule has 0 bridgehead atoms. The van der Waals surface area contributed by atoms with E-state index in [0.29, 0.717) is 11.3 Å². The summed E-state index contributed by atoms with van der Waals surface area (Å²) in [5.41, 5.74) is 5.84. The van der Waals surface area contributed by atoms with Gasteiger partial charge in [-0.05, 0) is 29.3 Å². The summed E-state index contributed by atoms with van der Waals surface area (Å²) in [6, 6.07) is 22.5. The lowest BCUT2D eigenvalue weighted by Crippen LogP contribution is -2.36. The highest BCUT2D eigenvalue weighted by Gasteiger charge is 2.32. The van der Waals surface area contributed by atoms with Crippen molar-refractivity contribution >= 4 is 28.8 Å². The molecule has 0 unspecified atom stereocenters. The number of non-ortho nitro benzene ring substituents is 1. The number of hydrazine groups is 1. The van der Waals surface area contributed by atoms with Gasteiger partial charge in [0.2, 0.25) is 0 Å². The molecule has 0 atom stereocenters. The Labute approximate surface area is 166 Å². The topological polar surface area (TPSA) is 92.5 Å². The molecule has 0 spiro atoms. The highest BCUT2D eigenvalue weighted by Crippen LogP contribution is 2.30. The van der Waals surface area contributed by atoms with Crippen molar-refractivity contribution < 1.29 is 14.5 Å². The summed E-state index contributed by atoms with van der Waals surface area (Å²) in [5, 5.41) is 11.7. The lowest BCUT2D eigenvalue weighted by molar-refractivity contribution is -0.384. The van der Waals surface area contributed by atoms with E-state index in [4.69, 9.17) is 0 Å². The largest absolute Gasteiger partial charge is 0.288 e. The number of nitrogens with one attached hydrogen (secondary N) is 1. The van der Waals surface area contributed by atoms with E-state index in [9.17, 15) is 19.7 Å². The fourth-order valence-electron chi connectivity index (χ4n) is 3.12. The van der Waals surface area contributed by atoms with Gasteiger partial charge in [-0.3, -0.25) is 25.1 Å². The number of amides is 2. The van der Waals surface area contributed by atoms with Crippen LogP contribution in [0.15, 0.2) is 84.9 Å². The molecule has 0 aromatic heterocycles. The van der Waals surface area contributed by atoms with Gasteiger partial charge in [0.1, 0.15) is 0 Å². The van der Waals surface area contributed by atoms with Crippen LogP contribution in [0, 0.1) is 10.1 Å². The van der Waals surface area contributed by atoms with Crippen LogP contribution in [0.25, 0.3) is 16.7 Å². The Hall–Kier alpha value is -4.26. The van der Waals surface area contributed by atoms with Crippen LogP contribution in [0.3, 0.4) is 0 Å². The zero-order valence-corrected chi connectivity index (χ0v) is 15.1. The van der Waals surface area contributed by atoms with Gasteiger partial charge in [0.25, 0.3) is 17.5 Å². The van der Waals surface area contributed by atoms with Crippen LogP contribution in [-0.2, 0) is 9.59 Å². The molecule has 4 rings (SSSR count). The third-order valence-corrected chi connectivity index (χ3v) is 4.55. The highest BCUT2D eigenvalue weighted by atomic mass is 16.6. The maximum Gasteiger partial charge on any atom is 0.280 e. The predicted octanol–water partition coefficient (Wildman–Crippen LogP) is 4.04. The van der Waals surface area contributed by atoms with Gasteiger partial charge in [-0.25, -0.2) is 0 Å². The van der Waals surface area contributed by atoms with E-state index in [1.54, 1.807) is 6.07 Å². The van der Waals surface area contributed by atoms with Gasteiger partial charge in [-0.2, -0.15) is 5.01 Å². The van der Waals surface area contributed by atoms with E-state index in [1.807, 2.05) is 48.5 Å². The van der Waals surface area contributed by atoms with Crippen LogP contribution in [0.4, 0.5) is 11.4 Å². The molecule has 0 saturated carbocycles. The Balaban J connectivity index is 1.60. The quantitative estimate of drug-likeness (QED) is 0.406. The Morgan fingerprint density at radius 3 is 2.14 bits per heavy atom. The van der Waals surface area contributed by atoms with E-state index >= 15 is 0 Å². The number of anilines is 1. The number of hydrogen-bond donors (Lipinski definition) is 1. The second-order valence-corrected chi connectivity index (χ2v) is 6.36. The minimum absolute atomic E-state index is 0.0853. The van der Waals surface area contributed by atoms with Gasteiger partial charge in [0, 0.05) is 23.8 Å². The molecule has 7 nitrogen and oxygen atoms in total. The Morgan fingerprint density at radius 2 is 1.45 bits per heavy atom.